The second-order valence-corrected chi connectivity index (χ2v) is 4.59. The monoisotopic (exact) mass is 142 g/mol. The molecule has 0 aromatic rings. The minimum Gasteiger partial charge on any atom is -0.158 e. The van der Waals surface area contributed by atoms with E-state index in [-0.39, 0.29) is 0 Å². The van der Waals surface area contributed by atoms with Crippen molar-refractivity contribution in [3.8, 4) is 0 Å². The van der Waals surface area contributed by atoms with E-state index in [9.17, 15) is 0 Å². The zero-order valence-electron chi connectivity index (χ0n) is 5.81. The van der Waals surface area contributed by atoms with Gasteiger partial charge in [0, 0.05) is 5.25 Å². The predicted molar refractivity (Wildman–Crippen MR) is 42.8 cm³/mol. The molecule has 2 rings (SSSR count). The van der Waals surface area contributed by atoms with Crippen molar-refractivity contribution in [1.82, 2.24) is 0 Å². The van der Waals surface area contributed by atoms with Crippen molar-refractivity contribution >= 4 is 11.8 Å². The summed E-state index contributed by atoms with van der Waals surface area (Å²) in [5, 5.41) is 1.08. The maximum atomic E-state index is 2.23. The Bertz CT molecular complexity index is 88.7. The largest absolute Gasteiger partial charge is 0.158 e. The van der Waals surface area contributed by atoms with Crippen molar-refractivity contribution < 1.29 is 0 Å². The van der Waals surface area contributed by atoms with Gasteiger partial charge in [0.25, 0.3) is 0 Å². The molecule has 0 spiro atoms. The van der Waals surface area contributed by atoms with E-state index in [2.05, 4.69) is 11.8 Å². The average Bonchev–Trinajstić information content (AvgIpc) is 2.33. The van der Waals surface area contributed by atoms with Crippen LogP contribution in [-0.2, 0) is 0 Å². The Morgan fingerprint density at radius 1 is 1.00 bits per heavy atom. The van der Waals surface area contributed by atoms with Crippen LogP contribution in [0.4, 0.5) is 0 Å². The van der Waals surface area contributed by atoms with E-state index < -0.39 is 0 Å². The van der Waals surface area contributed by atoms with Crippen LogP contribution in [0.15, 0.2) is 0 Å². The fourth-order valence-corrected chi connectivity index (χ4v) is 3.71. The maximum Gasteiger partial charge on any atom is 0.00756 e. The molecular formula is C8H14S. The molecule has 0 bridgehead atoms. The van der Waals surface area contributed by atoms with E-state index in [0.717, 1.165) is 11.2 Å². The SMILES string of the molecule is C1CC[C@H]2SCC[C@@H]2C1. The third-order valence-corrected chi connectivity index (χ3v) is 4.18. The van der Waals surface area contributed by atoms with E-state index >= 15 is 0 Å². The number of hydrogen-bond acceptors (Lipinski definition) is 1. The van der Waals surface area contributed by atoms with Crippen molar-refractivity contribution in [2.24, 2.45) is 5.92 Å². The van der Waals surface area contributed by atoms with Gasteiger partial charge < -0.3 is 0 Å². The molecule has 1 saturated heterocycles. The number of fused-ring (bicyclic) bond motifs is 1. The molecule has 2 fully saturated rings. The van der Waals surface area contributed by atoms with Gasteiger partial charge in [-0.05, 0) is 30.9 Å². The van der Waals surface area contributed by atoms with Crippen LogP contribution in [0.25, 0.3) is 0 Å². The summed E-state index contributed by atoms with van der Waals surface area (Å²) in [6, 6.07) is 0. The molecule has 1 heterocycles. The maximum absolute atomic E-state index is 2.23. The highest BCUT2D eigenvalue weighted by molar-refractivity contribution is 8.00. The minimum atomic E-state index is 1.08. The highest BCUT2D eigenvalue weighted by Crippen LogP contribution is 2.41. The van der Waals surface area contributed by atoms with E-state index in [0.29, 0.717) is 0 Å². The minimum absolute atomic E-state index is 1.08. The van der Waals surface area contributed by atoms with Crippen molar-refractivity contribution in [2.45, 2.75) is 37.4 Å². The molecule has 0 nitrogen and oxygen atoms in total. The summed E-state index contributed by atoms with van der Waals surface area (Å²) in [6.45, 7) is 0. The zero-order chi connectivity index (χ0) is 6.10. The quantitative estimate of drug-likeness (QED) is 0.501. The molecule has 9 heavy (non-hydrogen) atoms. The Hall–Kier alpha value is 0.350. The Balaban J connectivity index is 1.97. The molecule has 52 valence electrons. The van der Waals surface area contributed by atoms with Crippen LogP contribution in [0.2, 0.25) is 0 Å². The van der Waals surface area contributed by atoms with Gasteiger partial charge in [-0.1, -0.05) is 12.8 Å². The summed E-state index contributed by atoms with van der Waals surface area (Å²) >= 11 is 2.23. The molecule has 0 radical (unpaired) electrons. The number of rotatable bonds is 0. The standard InChI is InChI=1S/C8H14S/c1-2-4-8-7(3-1)5-6-9-8/h7-8H,1-6H2/t7-,8+/m0/s1. The first-order valence-corrected chi connectivity index (χ1v) is 5.13. The molecule has 0 N–H and O–H groups in total. The third kappa shape index (κ3) is 1.12. The van der Waals surface area contributed by atoms with E-state index in [1.165, 1.54) is 37.9 Å². The third-order valence-electron chi connectivity index (χ3n) is 2.66. The molecule has 1 heteroatoms. The first-order valence-electron chi connectivity index (χ1n) is 4.08. The van der Waals surface area contributed by atoms with Gasteiger partial charge in [0.05, 0.1) is 0 Å². The highest BCUT2D eigenvalue weighted by atomic mass is 32.2. The van der Waals surface area contributed by atoms with Crippen LogP contribution in [0.5, 0.6) is 0 Å². The van der Waals surface area contributed by atoms with Gasteiger partial charge in [-0.25, -0.2) is 0 Å². The topological polar surface area (TPSA) is 0 Å². The van der Waals surface area contributed by atoms with Gasteiger partial charge in [0.15, 0.2) is 0 Å². The van der Waals surface area contributed by atoms with E-state index in [4.69, 9.17) is 0 Å². The van der Waals surface area contributed by atoms with Crippen LogP contribution in [0.3, 0.4) is 0 Å². The molecule has 2 atom stereocenters. The summed E-state index contributed by atoms with van der Waals surface area (Å²) < 4.78 is 0. The zero-order valence-corrected chi connectivity index (χ0v) is 6.62. The summed E-state index contributed by atoms with van der Waals surface area (Å²) in [5.74, 6) is 2.58. The van der Waals surface area contributed by atoms with Crippen LogP contribution < -0.4 is 0 Å². The Labute approximate surface area is 61.4 Å². The Morgan fingerprint density at radius 3 is 2.78 bits per heavy atom. The summed E-state index contributed by atoms with van der Waals surface area (Å²) in [5.41, 5.74) is 0. The van der Waals surface area contributed by atoms with Gasteiger partial charge >= 0.3 is 0 Å². The van der Waals surface area contributed by atoms with Crippen LogP contribution in [0.1, 0.15) is 32.1 Å². The van der Waals surface area contributed by atoms with E-state index in [1.54, 1.807) is 0 Å². The lowest BCUT2D eigenvalue weighted by Gasteiger charge is -2.23. The van der Waals surface area contributed by atoms with E-state index in [1.807, 2.05) is 0 Å². The molecule has 1 aliphatic carbocycles. The molecule has 1 saturated carbocycles. The lowest BCUT2D eigenvalue weighted by molar-refractivity contribution is 0.378. The van der Waals surface area contributed by atoms with Crippen LogP contribution >= 0.6 is 11.8 Å². The van der Waals surface area contributed by atoms with Crippen LogP contribution in [-0.4, -0.2) is 11.0 Å². The van der Waals surface area contributed by atoms with Crippen molar-refractivity contribution in [2.75, 3.05) is 5.75 Å². The fourth-order valence-electron chi connectivity index (χ4n) is 2.09. The lowest BCUT2D eigenvalue weighted by atomic mass is 9.87. The second-order valence-electron chi connectivity index (χ2n) is 3.24. The second kappa shape index (κ2) is 2.53. The smallest absolute Gasteiger partial charge is 0.00756 e. The normalized spacial score (nSPS) is 42.7. The first kappa shape index (κ1) is 6.09. The van der Waals surface area contributed by atoms with Gasteiger partial charge in [0.1, 0.15) is 0 Å². The average molecular weight is 142 g/mol. The molecule has 0 aromatic heterocycles. The molecule has 0 unspecified atom stereocenters. The molecule has 1 aliphatic heterocycles. The lowest BCUT2D eigenvalue weighted by Crippen LogP contribution is -2.15. The predicted octanol–water partition coefficient (Wildman–Crippen LogP) is 2.68. The summed E-state index contributed by atoms with van der Waals surface area (Å²) in [7, 11) is 0. The summed E-state index contributed by atoms with van der Waals surface area (Å²) in [4.78, 5) is 0. The van der Waals surface area contributed by atoms with Gasteiger partial charge in [-0.15, -0.1) is 0 Å². The highest BCUT2D eigenvalue weighted by Gasteiger charge is 2.29. The Morgan fingerprint density at radius 2 is 1.89 bits per heavy atom. The van der Waals surface area contributed by atoms with Crippen molar-refractivity contribution in [3.63, 3.8) is 0 Å². The van der Waals surface area contributed by atoms with Crippen molar-refractivity contribution in [1.29, 1.82) is 0 Å². The van der Waals surface area contributed by atoms with Crippen molar-refractivity contribution in [3.05, 3.63) is 0 Å². The summed E-state index contributed by atoms with van der Waals surface area (Å²) in [6.07, 6.45) is 7.61. The Kier molecular flexibility index (Phi) is 1.71. The fraction of sp³-hybridized carbons (Fsp3) is 1.00. The number of thioether (sulfide) groups is 1. The molecule has 2 aliphatic rings. The molecule has 0 aromatic carbocycles. The first-order chi connectivity index (χ1) is 4.47. The van der Waals surface area contributed by atoms with Gasteiger partial charge in [-0.2, -0.15) is 11.8 Å². The number of hydrogen-bond donors (Lipinski definition) is 0. The molecular weight excluding hydrogens is 128 g/mol. The van der Waals surface area contributed by atoms with Gasteiger partial charge in [-0.3, -0.25) is 0 Å². The van der Waals surface area contributed by atoms with Crippen LogP contribution in [0, 0.1) is 5.92 Å². The molecule has 0 amide bonds. The van der Waals surface area contributed by atoms with Gasteiger partial charge in [0.2, 0.25) is 0 Å².